The monoisotopic (exact) mass is 268 g/mol. The topological polar surface area (TPSA) is 60.4 Å². The second-order valence-electron chi connectivity index (χ2n) is 4.68. The summed E-state index contributed by atoms with van der Waals surface area (Å²) >= 11 is 0. The largest absolute Gasteiger partial charge is 0.493 e. The van der Waals surface area contributed by atoms with Crippen molar-refractivity contribution < 1.29 is 14.6 Å². The van der Waals surface area contributed by atoms with Crippen molar-refractivity contribution in [3.05, 3.63) is 23.9 Å². The smallest absolute Gasteiger partial charge is 0.223 e. The van der Waals surface area contributed by atoms with Crippen LogP contribution in [0.25, 0.3) is 0 Å². The van der Waals surface area contributed by atoms with Gasteiger partial charge in [0.1, 0.15) is 0 Å². The molecule has 0 radical (unpaired) electrons. The van der Waals surface area contributed by atoms with E-state index in [1.165, 1.54) is 0 Å². The quantitative estimate of drug-likeness (QED) is 0.708. The molecule has 0 unspecified atom stereocenters. The molecule has 0 saturated carbocycles. The zero-order valence-electron chi connectivity index (χ0n) is 10.9. The van der Waals surface area contributed by atoms with Gasteiger partial charge in [-0.2, -0.15) is 10.1 Å². The summed E-state index contributed by atoms with van der Waals surface area (Å²) in [5.41, 5.74) is 4.12. The van der Waals surface area contributed by atoms with Crippen LogP contribution in [0.2, 0.25) is 0 Å². The van der Waals surface area contributed by atoms with Crippen molar-refractivity contribution in [2.24, 2.45) is 0 Å². The third kappa shape index (κ3) is 2.78. The van der Waals surface area contributed by atoms with Crippen molar-refractivity contribution in [1.82, 2.24) is 20.5 Å². The molecular formula is C12H20N4O3. The van der Waals surface area contributed by atoms with E-state index < -0.39 is 0 Å². The summed E-state index contributed by atoms with van der Waals surface area (Å²) in [6, 6.07) is 0. The van der Waals surface area contributed by atoms with Gasteiger partial charge in [-0.05, 0) is 0 Å². The van der Waals surface area contributed by atoms with Crippen molar-refractivity contribution in [3.63, 3.8) is 0 Å². The molecule has 0 aromatic carbocycles. The molecule has 0 aromatic rings. The number of rotatable bonds is 2. The molecule has 106 valence electrons. The van der Waals surface area contributed by atoms with Gasteiger partial charge in [0.2, 0.25) is 5.88 Å². The first kappa shape index (κ1) is 12.6. The Labute approximate surface area is 112 Å². The molecule has 19 heavy (non-hydrogen) atoms. The first-order chi connectivity index (χ1) is 9.34. The molecule has 0 aliphatic carbocycles. The van der Waals surface area contributed by atoms with Crippen LogP contribution in [0.3, 0.4) is 0 Å². The van der Waals surface area contributed by atoms with Gasteiger partial charge in [0.05, 0.1) is 32.1 Å². The molecule has 2 fully saturated rings. The van der Waals surface area contributed by atoms with Gasteiger partial charge in [-0.25, -0.2) is 0 Å². The zero-order chi connectivity index (χ0) is 13.1. The van der Waals surface area contributed by atoms with Crippen molar-refractivity contribution >= 4 is 0 Å². The third-order valence-electron chi connectivity index (χ3n) is 3.48. The van der Waals surface area contributed by atoms with Gasteiger partial charge >= 0.3 is 0 Å². The Morgan fingerprint density at radius 1 is 1.00 bits per heavy atom. The number of allylic oxidation sites excluding steroid dienone is 1. The first-order valence-electron chi connectivity index (χ1n) is 6.67. The summed E-state index contributed by atoms with van der Waals surface area (Å²) in [6.45, 7) is 6.09. The third-order valence-corrected chi connectivity index (χ3v) is 3.48. The van der Waals surface area contributed by atoms with E-state index in [9.17, 15) is 5.11 Å². The van der Waals surface area contributed by atoms with Crippen LogP contribution in [0.5, 0.6) is 0 Å². The van der Waals surface area contributed by atoms with Gasteiger partial charge < -0.3 is 19.5 Å². The SMILES string of the molecule is OC1=CC(N2CCOCC2)=CNN1N1CCOCC1. The lowest BCUT2D eigenvalue weighted by Gasteiger charge is -2.40. The van der Waals surface area contributed by atoms with Crippen LogP contribution in [0.4, 0.5) is 0 Å². The minimum Gasteiger partial charge on any atom is -0.493 e. The minimum absolute atomic E-state index is 0.214. The summed E-state index contributed by atoms with van der Waals surface area (Å²) < 4.78 is 10.6. The van der Waals surface area contributed by atoms with E-state index in [4.69, 9.17) is 9.47 Å². The number of ether oxygens (including phenoxy) is 2. The summed E-state index contributed by atoms with van der Waals surface area (Å²) in [5, 5.41) is 13.9. The standard InChI is InChI=1S/C12H20N4O3/c17-12-9-11(14-1-5-18-6-2-14)10-13-16(12)15-3-7-19-8-4-15/h9-10,13,17H,1-8H2. The summed E-state index contributed by atoms with van der Waals surface area (Å²) in [4.78, 5) is 2.20. The van der Waals surface area contributed by atoms with E-state index in [0.717, 1.165) is 45.1 Å². The zero-order valence-corrected chi connectivity index (χ0v) is 10.9. The highest BCUT2D eigenvalue weighted by Crippen LogP contribution is 2.17. The summed E-state index contributed by atoms with van der Waals surface area (Å²) in [6.07, 6.45) is 3.71. The average Bonchev–Trinajstić information content (AvgIpc) is 2.49. The predicted molar refractivity (Wildman–Crippen MR) is 68.6 cm³/mol. The van der Waals surface area contributed by atoms with Crippen LogP contribution < -0.4 is 5.43 Å². The molecular weight excluding hydrogens is 248 g/mol. The molecule has 7 heteroatoms. The van der Waals surface area contributed by atoms with Gasteiger partial charge in [0.25, 0.3) is 0 Å². The lowest BCUT2D eigenvalue weighted by Crippen LogP contribution is -2.54. The number of aliphatic hydroxyl groups is 1. The molecule has 0 amide bonds. The summed E-state index contributed by atoms with van der Waals surface area (Å²) in [7, 11) is 0. The van der Waals surface area contributed by atoms with Gasteiger partial charge in [-0.3, -0.25) is 5.43 Å². The number of morpholine rings is 2. The van der Waals surface area contributed by atoms with Gasteiger partial charge in [-0.1, -0.05) is 0 Å². The molecule has 3 heterocycles. The number of nitrogens with one attached hydrogen (secondary N) is 1. The highest BCUT2D eigenvalue weighted by Gasteiger charge is 2.24. The molecule has 0 spiro atoms. The van der Waals surface area contributed by atoms with Crippen molar-refractivity contribution in [2.45, 2.75) is 0 Å². The number of hydrogen-bond donors (Lipinski definition) is 2. The van der Waals surface area contributed by atoms with Crippen LogP contribution in [-0.4, -0.2) is 72.7 Å². The number of hydrogen-bond acceptors (Lipinski definition) is 7. The minimum atomic E-state index is 0.214. The predicted octanol–water partition coefficient (Wildman–Crippen LogP) is -0.373. The van der Waals surface area contributed by atoms with Crippen LogP contribution >= 0.6 is 0 Å². The van der Waals surface area contributed by atoms with Crippen molar-refractivity contribution in [2.75, 3.05) is 52.6 Å². The molecule has 3 aliphatic heterocycles. The molecule has 0 atom stereocenters. The maximum absolute atomic E-state index is 10.2. The Bertz CT molecular complexity index is 373. The number of nitrogens with zero attached hydrogens (tertiary/aromatic N) is 3. The Morgan fingerprint density at radius 2 is 1.63 bits per heavy atom. The molecule has 3 aliphatic rings. The average molecular weight is 268 g/mol. The maximum Gasteiger partial charge on any atom is 0.223 e. The fraction of sp³-hybridized carbons (Fsp3) is 0.667. The molecule has 0 aromatic heterocycles. The lowest BCUT2D eigenvalue weighted by atomic mass is 10.3. The molecule has 7 nitrogen and oxygen atoms in total. The van der Waals surface area contributed by atoms with Crippen LogP contribution in [0.15, 0.2) is 23.9 Å². The summed E-state index contributed by atoms with van der Waals surface area (Å²) in [5.74, 6) is 0.214. The molecule has 0 bridgehead atoms. The number of aliphatic hydroxyl groups excluding tert-OH is 1. The van der Waals surface area contributed by atoms with Crippen LogP contribution in [0.1, 0.15) is 0 Å². The molecule has 2 N–H and O–H groups in total. The highest BCUT2D eigenvalue weighted by atomic mass is 16.5. The molecule has 3 rings (SSSR count). The second-order valence-corrected chi connectivity index (χ2v) is 4.68. The second kappa shape index (κ2) is 5.68. The van der Waals surface area contributed by atoms with E-state index in [0.29, 0.717) is 13.2 Å². The van der Waals surface area contributed by atoms with E-state index >= 15 is 0 Å². The lowest BCUT2D eigenvalue weighted by molar-refractivity contribution is -0.114. The Hall–Kier alpha value is -1.44. The fourth-order valence-corrected chi connectivity index (χ4v) is 2.41. The van der Waals surface area contributed by atoms with E-state index in [1.54, 1.807) is 11.2 Å². The Kier molecular flexibility index (Phi) is 3.77. The normalized spacial score (nSPS) is 25.7. The Balaban J connectivity index is 1.64. The van der Waals surface area contributed by atoms with E-state index in [1.807, 2.05) is 11.2 Å². The number of hydrazine groups is 2. The van der Waals surface area contributed by atoms with Crippen LogP contribution in [-0.2, 0) is 9.47 Å². The Morgan fingerprint density at radius 3 is 2.26 bits per heavy atom. The van der Waals surface area contributed by atoms with Crippen LogP contribution in [0, 0.1) is 0 Å². The van der Waals surface area contributed by atoms with Gasteiger partial charge in [0, 0.05) is 38.5 Å². The first-order valence-corrected chi connectivity index (χ1v) is 6.67. The fourth-order valence-electron chi connectivity index (χ4n) is 2.41. The van der Waals surface area contributed by atoms with Gasteiger partial charge in [0.15, 0.2) is 0 Å². The maximum atomic E-state index is 10.2. The van der Waals surface area contributed by atoms with E-state index in [2.05, 4.69) is 10.3 Å². The van der Waals surface area contributed by atoms with Crippen molar-refractivity contribution in [1.29, 1.82) is 0 Å². The molecule has 2 saturated heterocycles. The van der Waals surface area contributed by atoms with E-state index in [-0.39, 0.29) is 5.88 Å². The van der Waals surface area contributed by atoms with Crippen molar-refractivity contribution in [3.8, 4) is 0 Å². The van der Waals surface area contributed by atoms with Gasteiger partial charge in [-0.15, -0.1) is 0 Å². The highest BCUT2D eigenvalue weighted by molar-refractivity contribution is 5.21.